The number of nitrogens with zero attached hydrogens (tertiary/aromatic N) is 2. The number of para-hydroxylation sites is 2. The molecule has 7 aromatic carbocycles. The van der Waals surface area contributed by atoms with E-state index in [-0.39, 0.29) is 0 Å². The average molecular weight is 693 g/mol. The van der Waals surface area contributed by atoms with Crippen LogP contribution >= 0.6 is 0 Å². The third-order valence-electron chi connectivity index (χ3n) is 11.2. The second-order valence-electron chi connectivity index (χ2n) is 14.4. The van der Waals surface area contributed by atoms with Crippen LogP contribution in [0.5, 0.6) is 0 Å². The van der Waals surface area contributed by atoms with Gasteiger partial charge >= 0.3 is 0 Å². The first kappa shape index (κ1) is 32.0. The number of allylic oxidation sites excluding steroid dienone is 8. The van der Waals surface area contributed by atoms with Crippen molar-refractivity contribution in [3.05, 3.63) is 211 Å². The molecule has 2 nitrogen and oxygen atoms in total. The molecule has 0 N–H and O–H groups in total. The first-order valence-corrected chi connectivity index (χ1v) is 19.1. The second-order valence-corrected chi connectivity index (χ2v) is 14.4. The molecule has 8 aromatic rings. The first-order valence-electron chi connectivity index (χ1n) is 19.1. The summed E-state index contributed by atoms with van der Waals surface area (Å²) in [5.74, 6) is 0. The van der Waals surface area contributed by atoms with Gasteiger partial charge in [0.2, 0.25) is 0 Å². The van der Waals surface area contributed by atoms with Crippen LogP contribution in [-0.4, -0.2) is 4.57 Å². The predicted octanol–water partition coefficient (Wildman–Crippen LogP) is 14.3. The maximum Gasteiger partial charge on any atom is 0.0541 e. The minimum absolute atomic E-state index is 0.951. The van der Waals surface area contributed by atoms with Crippen LogP contribution in [0.2, 0.25) is 0 Å². The van der Waals surface area contributed by atoms with Gasteiger partial charge in [0.15, 0.2) is 0 Å². The van der Waals surface area contributed by atoms with E-state index in [2.05, 4.69) is 204 Å². The molecule has 2 heteroatoms. The monoisotopic (exact) mass is 692 g/mol. The van der Waals surface area contributed by atoms with Crippen LogP contribution in [0.3, 0.4) is 0 Å². The van der Waals surface area contributed by atoms with Crippen LogP contribution in [0.15, 0.2) is 211 Å². The number of aromatic nitrogens is 1. The lowest BCUT2D eigenvalue weighted by molar-refractivity contribution is 0.848. The molecule has 2 aliphatic rings. The Bertz CT molecular complexity index is 2740. The second kappa shape index (κ2) is 13.7. The molecule has 0 saturated carbocycles. The summed E-state index contributed by atoms with van der Waals surface area (Å²) in [5.41, 5.74) is 15.3. The Kier molecular flexibility index (Phi) is 8.15. The number of hydrogen-bond donors (Lipinski definition) is 0. The number of fused-ring (bicyclic) bond motifs is 4. The van der Waals surface area contributed by atoms with Crippen LogP contribution in [0, 0.1) is 0 Å². The van der Waals surface area contributed by atoms with Crippen molar-refractivity contribution in [3.63, 3.8) is 0 Å². The molecule has 258 valence electrons. The van der Waals surface area contributed by atoms with Gasteiger partial charge in [-0.15, -0.1) is 0 Å². The molecule has 0 bridgehead atoms. The van der Waals surface area contributed by atoms with E-state index in [4.69, 9.17) is 0 Å². The average Bonchev–Trinajstić information content (AvgIpc) is 3.59. The lowest BCUT2D eigenvalue weighted by atomic mass is 9.88. The van der Waals surface area contributed by atoms with Crippen molar-refractivity contribution in [2.24, 2.45) is 0 Å². The van der Waals surface area contributed by atoms with E-state index in [9.17, 15) is 0 Å². The topological polar surface area (TPSA) is 8.17 Å². The van der Waals surface area contributed by atoms with E-state index >= 15 is 0 Å². The molecule has 0 atom stereocenters. The summed E-state index contributed by atoms with van der Waals surface area (Å²) < 4.78 is 2.49. The van der Waals surface area contributed by atoms with Crippen molar-refractivity contribution < 1.29 is 0 Å². The van der Waals surface area contributed by atoms with E-state index in [1.165, 1.54) is 88.7 Å². The van der Waals surface area contributed by atoms with E-state index in [0.717, 1.165) is 25.7 Å². The molecule has 54 heavy (non-hydrogen) atoms. The lowest BCUT2D eigenvalue weighted by Gasteiger charge is -2.31. The van der Waals surface area contributed by atoms with Gasteiger partial charge in [-0.25, -0.2) is 0 Å². The van der Waals surface area contributed by atoms with Crippen molar-refractivity contribution in [1.82, 2.24) is 4.57 Å². The molecular weight excluding hydrogens is 653 g/mol. The van der Waals surface area contributed by atoms with Gasteiger partial charge < -0.3 is 9.47 Å². The highest BCUT2D eigenvalue weighted by Gasteiger charge is 2.23. The zero-order valence-electron chi connectivity index (χ0n) is 30.2. The van der Waals surface area contributed by atoms with Gasteiger partial charge in [0.05, 0.1) is 11.0 Å². The molecule has 0 spiro atoms. The maximum absolute atomic E-state index is 2.49. The molecule has 0 radical (unpaired) electrons. The summed E-state index contributed by atoms with van der Waals surface area (Å²) in [5, 5.41) is 5.14. The molecule has 0 saturated heterocycles. The summed E-state index contributed by atoms with van der Waals surface area (Å²) in [4.78, 5) is 2.45. The Morgan fingerprint density at radius 1 is 0.444 bits per heavy atom. The van der Waals surface area contributed by atoms with Crippen LogP contribution in [0.1, 0.15) is 25.7 Å². The van der Waals surface area contributed by atoms with Crippen molar-refractivity contribution in [1.29, 1.82) is 0 Å². The third kappa shape index (κ3) is 5.77. The zero-order valence-corrected chi connectivity index (χ0v) is 30.2. The SMILES string of the molecule is C1=CC(n2c3ccccc3c3ccccc32)=C(C2=CC=C(N(c3ccc(-c4ccccc4)cc3)c3ccc(-c4ccc5ccccc5c4)cc3)CC2)CC1. The highest BCUT2D eigenvalue weighted by Crippen LogP contribution is 2.41. The number of anilines is 2. The Morgan fingerprint density at radius 2 is 1.02 bits per heavy atom. The van der Waals surface area contributed by atoms with Gasteiger partial charge in [-0.1, -0.05) is 140 Å². The molecule has 0 fully saturated rings. The molecular formula is C52H40N2. The summed E-state index contributed by atoms with van der Waals surface area (Å²) >= 11 is 0. The number of rotatable bonds is 7. The van der Waals surface area contributed by atoms with E-state index in [1.807, 2.05) is 0 Å². The van der Waals surface area contributed by atoms with Crippen molar-refractivity contribution >= 4 is 49.7 Å². The van der Waals surface area contributed by atoms with Gasteiger partial charge in [0.1, 0.15) is 0 Å². The maximum atomic E-state index is 2.49. The molecule has 1 aromatic heterocycles. The van der Waals surface area contributed by atoms with Crippen LogP contribution < -0.4 is 4.90 Å². The van der Waals surface area contributed by atoms with E-state index in [0.29, 0.717) is 0 Å². The smallest absolute Gasteiger partial charge is 0.0541 e. The summed E-state index contributed by atoms with van der Waals surface area (Å²) in [6.07, 6.45) is 13.5. The molecule has 0 aliphatic heterocycles. The standard InChI is InChI=1S/C52H40N2/c1-2-12-37(13-3-1)39-24-30-44(31-25-39)53(45-32-26-40(27-33-45)43-23-22-38-14-4-5-15-42(38)36-43)46-34-28-41(29-35-46)47-16-6-9-19-50(47)54-51-20-10-7-17-48(51)49-18-8-11-21-52(49)54/h1-5,7-15,17-28,30-34,36H,6,16,29,35H2. The fourth-order valence-corrected chi connectivity index (χ4v) is 8.52. The van der Waals surface area contributed by atoms with Crippen LogP contribution in [-0.2, 0) is 0 Å². The fraction of sp³-hybridized carbons (Fsp3) is 0.0769. The number of benzene rings is 7. The molecule has 0 unspecified atom stereocenters. The normalized spacial score (nSPS) is 14.4. The highest BCUT2D eigenvalue weighted by atomic mass is 15.1. The highest BCUT2D eigenvalue weighted by molar-refractivity contribution is 6.10. The third-order valence-corrected chi connectivity index (χ3v) is 11.2. The van der Waals surface area contributed by atoms with Gasteiger partial charge in [0, 0.05) is 33.5 Å². The minimum Gasteiger partial charge on any atom is -0.314 e. The van der Waals surface area contributed by atoms with Crippen molar-refractivity contribution in [2.45, 2.75) is 25.7 Å². The Hall–Kier alpha value is -6.64. The largest absolute Gasteiger partial charge is 0.314 e. The van der Waals surface area contributed by atoms with Gasteiger partial charge in [-0.05, 0) is 124 Å². The van der Waals surface area contributed by atoms with Gasteiger partial charge in [0.25, 0.3) is 0 Å². The first-order chi connectivity index (χ1) is 26.8. The van der Waals surface area contributed by atoms with E-state index < -0.39 is 0 Å². The van der Waals surface area contributed by atoms with Crippen molar-refractivity contribution in [2.75, 3.05) is 4.90 Å². The van der Waals surface area contributed by atoms with E-state index in [1.54, 1.807) is 0 Å². The Morgan fingerprint density at radius 3 is 1.69 bits per heavy atom. The summed E-state index contributed by atoms with van der Waals surface area (Å²) in [6, 6.07) is 61.8. The molecule has 0 amide bonds. The zero-order chi connectivity index (χ0) is 35.8. The molecule has 2 aliphatic carbocycles. The quantitative estimate of drug-likeness (QED) is 0.161. The summed E-state index contributed by atoms with van der Waals surface area (Å²) in [7, 11) is 0. The molecule has 10 rings (SSSR count). The predicted molar refractivity (Wildman–Crippen MR) is 230 cm³/mol. The summed E-state index contributed by atoms with van der Waals surface area (Å²) in [6.45, 7) is 0. The lowest BCUT2D eigenvalue weighted by Crippen LogP contribution is -2.18. The van der Waals surface area contributed by atoms with Crippen LogP contribution in [0.25, 0.3) is 60.5 Å². The fourth-order valence-electron chi connectivity index (χ4n) is 8.52. The Labute approximate surface area is 316 Å². The van der Waals surface area contributed by atoms with Crippen molar-refractivity contribution in [3.8, 4) is 22.3 Å². The van der Waals surface area contributed by atoms with Gasteiger partial charge in [-0.3, -0.25) is 0 Å². The van der Waals surface area contributed by atoms with Crippen LogP contribution in [0.4, 0.5) is 11.4 Å². The molecule has 1 heterocycles. The van der Waals surface area contributed by atoms with Gasteiger partial charge in [-0.2, -0.15) is 0 Å². The minimum atomic E-state index is 0.951. The Balaban J connectivity index is 1.05. The number of hydrogen-bond acceptors (Lipinski definition) is 1.